The molecule has 4 nitrogen and oxygen atoms in total. The molecule has 20 heavy (non-hydrogen) atoms. The maximum Gasteiger partial charge on any atom is 0.152 e. The minimum atomic E-state index is 0.535. The number of hydrogen-bond acceptors (Lipinski definition) is 3. The van der Waals surface area contributed by atoms with Gasteiger partial charge in [-0.25, -0.2) is 9.97 Å². The summed E-state index contributed by atoms with van der Waals surface area (Å²) in [6.45, 7) is 0. The molecule has 1 saturated carbocycles. The normalized spacial score (nSPS) is 17.0. The molecule has 4 rings (SSSR count). The third kappa shape index (κ3) is 1.68. The Morgan fingerprint density at radius 1 is 1.10 bits per heavy atom. The molecule has 3 aromatic rings. The summed E-state index contributed by atoms with van der Waals surface area (Å²) in [5.74, 6) is 0.535. The summed E-state index contributed by atoms with van der Waals surface area (Å²) >= 11 is 0. The second kappa shape index (κ2) is 4.47. The Bertz CT molecular complexity index is 769. The number of pyridine rings is 1. The van der Waals surface area contributed by atoms with Crippen LogP contribution in [0.2, 0.25) is 0 Å². The van der Waals surface area contributed by atoms with E-state index in [1.54, 1.807) is 0 Å². The second-order valence-corrected chi connectivity index (χ2v) is 5.66. The number of hydrogen-bond donors (Lipinski definition) is 1. The molecule has 0 saturated heterocycles. The number of fused-ring (bicyclic) bond motifs is 3. The maximum atomic E-state index is 6.08. The number of nitrogens with two attached hydrogens (primary N) is 1. The number of anilines is 1. The molecule has 0 radical (unpaired) electrons. The molecule has 1 aromatic carbocycles. The first-order valence-corrected chi connectivity index (χ1v) is 7.35. The van der Waals surface area contributed by atoms with Gasteiger partial charge in [0.2, 0.25) is 0 Å². The first-order valence-electron chi connectivity index (χ1n) is 7.35. The van der Waals surface area contributed by atoms with Crippen molar-refractivity contribution in [2.45, 2.75) is 38.1 Å². The van der Waals surface area contributed by atoms with Crippen molar-refractivity contribution in [3.05, 3.63) is 30.6 Å². The predicted molar refractivity (Wildman–Crippen MR) is 81.6 cm³/mol. The Morgan fingerprint density at radius 3 is 2.75 bits per heavy atom. The van der Waals surface area contributed by atoms with Crippen molar-refractivity contribution in [2.75, 3.05) is 5.73 Å². The fourth-order valence-corrected chi connectivity index (χ4v) is 3.41. The molecule has 0 spiro atoms. The molecule has 0 amide bonds. The molecule has 1 aliphatic rings. The van der Waals surface area contributed by atoms with E-state index in [0.29, 0.717) is 11.9 Å². The highest BCUT2D eigenvalue weighted by Crippen LogP contribution is 2.34. The van der Waals surface area contributed by atoms with Gasteiger partial charge in [-0.1, -0.05) is 37.5 Å². The van der Waals surface area contributed by atoms with Gasteiger partial charge in [0.15, 0.2) is 5.82 Å². The third-order valence-electron chi connectivity index (χ3n) is 4.40. The van der Waals surface area contributed by atoms with E-state index in [-0.39, 0.29) is 0 Å². The molecule has 2 N–H and O–H groups in total. The van der Waals surface area contributed by atoms with Crippen molar-refractivity contribution in [2.24, 2.45) is 0 Å². The van der Waals surface area contributed by atoms with Crippen molar-refractivity contribution < 1.29 is 0 Å². The van der Waals surface area contributed by atoms with Gasteiger partial charge in [-0.3, -0.25) is 0 Å². The monoisotopic (exact) mass is 266 g/mol. The van der Waals surface area contributed by atoms with Crippen molar-refractivity contribution in [1.82, 2.24) is 14.5 Å². The van der Waals surface area contributed by atoms with E-state index in [1.165, 1.54) is 32.1 Å². The van der Waals surface area contributed by atoms with Gasteiger partial charge in [-0.05, 0) is 18.9 Å². The number of nitrogen functional groups attached to an aromatic ring is 1. The lowest BCUT2D eigenvalue weighted by Gasteiger charge is -2.24. The maximum absolute atomic E-state index is 6.08. The van der Waals surface area contributed by atoms with E-state index in [0.717, 1.165) is 21.9 Å². The van der Waals surface area contributed by atoms with Crippen LogP contribution in [-0.4, -0.2) is 14.5 Å². The zero-order chi connectivity index (χ0) is 13.5. The molecule has 1 fully saturated rings. The standard InChI is InChI=1S/C16H18N4/c17-16-14-15(12-8-4-5-9-13(12)19-16)20(10-18-14)11-6-2-1-3-7-11/h4-5,8-11H,1-3,6-7H2,(H2,17,19). The van der Waals surface area contributed by atoms with Gasteiger partial charge in [0, 0.05) is 11.4 Å². The zero-order valence-corrected chi connectivity index (χ0v) is 11.4. The first kappa shape index (κ1) is 11.7. The molecule has 0 bridgehead atoms. The summed E-state index contributed by atoms with van der Waals surface area (Å²) in [6.07, 6.45) is 8.40. The Morgan fingerprint density at radius 2 is 1.90 bits per heavy atom. The topological polar surface area (TPSA) is 56.7 Å². The molecule has 0 aliphatic heterocycles. The molecule has 0 atom stereocenters. The van der Waals surface area contributed by atoms with Crippen LogP contribution in [0.15, 0.2) is 30.6 Å². The lowest BCUT2D eigenvalue weighted by Crippen LogP contribution is -2.12. The quantitative estimate of drug-likeness (QED) is 0.731. The van der Waals surface area contributed by atoms with Crippen LogP contribution in [0.25, 0.3) is 21.9 Å². The molecule has 102 valence electrons. The molecular weight excluding hydrogens is 248 g/mol. The van der Waals surface area contributed by atoms with Crippen LogP contribution < -0.4 is 5.73 Å². The summed E-state index contributed by atoms with van der Waals surface area (Å²) in [5, 5.41) is 1.15. The number of rotatable bonds is 1. The van der Waals surface area contributed by atoms with Crippen LogP contribution in [-0.2, 0) is 0 Å². The van der Waals surface area contributed by atoms with Crippen molar-refractivity contribution >= 4 is 27.8 Å². The SMILES string of the molecule is Nc1nc2ccccc2c2c1ncn2C1CCCCC1. The molecule has 4 heteroatoms. The molecule has 1 aliphatic carbocycles. The van der Waals surface area contributed by atoms with E-state index >= 15 is 0 Å². The van der Waals surface area contributed by atoms with Crippen molar-refractivity contribution in [3.8, 4) is 0 Å². The van der Waals surface area contributed by atoms with Crippen LogP contribution in [0.3, 0.4) is 0 Å². The number of imidazole rings is 1. The molecule has 2 heterocycles. The fraction of sp³-hybridized carbons (Fsp3) is 0.375. The second-order valence-electron chi connectivity index (χ2n) is 5.66. The minimum absolute atomic E-state index is 0.535. The number of nitrogens with zero attached hydrogens (tertiary/aromatic N) is 3. The zero-order valence-electron chi connectivity index (χ0n) is 11.4. The van der Waals surface area contributed by atoms with Crippen LogP contribution >= 0.6 is 0 Å². The Balaban J connectivity index is 2.02. The summed E-state index contributed by atoms with van der Waals surface area (Å²) in [6, 6.07) is 8.74. The number of para-hydroxylation sites is 1. The predicted octanol–water partition coefficient (Wildman–Crippen LogP) is 3.67. The summed E-state index contributed by atoms with van der Waals surface area (Å²) in [7, 11) is 0. The van der Waals surface area contributed by atoms with Gasteiger partial charge >= 0.3 is 0 Å². The highest BCUT2D eigenvalue weighted by molar-refractivity contribution is 6.06. The lowest BCUT2D eigenvalue weighted by atomic mass is 9.95. The summed E-state index contributed by atoms with van der Waals surface area (Å²) in [4.78, 5) is 8.98. The summed E-state index contributed by atoms with van der Waals surface area (Å²) < 4.78 is 2.33. The first-order chi connectivity index (χ1) is 9.84. The average molecular weight is 266 g/mol. The van der Waals surface area contributed by atoms with Gasteiger partial charge in [-0.2, -0.15) is 0 Å². The van der Waals surface area contributed by atoms with Crippen LogP contribution in [0.4, 0.5) is 5.82 Å². The van der Waals surface area contributed by atoms with Gasteiger partial charge in [-0.15, -0.1) is 0 Å². The minimum Gasteiger partial charge on any atom is -0.382 e. The van der Waals surface area contributed by atoms with E-state index in [9.17, 15) is 0 Å². The van der Waals surface area contributed by atoms with Crippen molar-refractivity contribution in [3.63, 3.8) is 0 Å². The Labute approximate surface area is 117 Å². The van der Waals surface area contributed by atoms with Gasteiger partial charge in [0.25, 0.3) is 0 Å². The Hall–Kier alpha value is -2.10. The van der Waals surface area contributed by atoms with E-state index in [2.05, 4.69) is 26.7 Å². The van der Waals surface area contributed by atoms with Gasteiger partial charge in [0.1, 0.15) is 5.52 Å². The highest BCUT2D eigenvalue weighted by atomic mass is 15.1. The molecule has 2 aromatic heterocycles. The Kier molecular flexibility index (Phi) is 2.62. The molecule has 0 unspecified atom stereocenters. The van der Waals surface area contributed by atoms with Crippen molar-refractivity contribution in [1.29, 1.82) is 0 Å². The van der Waals surface area contributed by atoms with Crippen LogP contribution in [0, 0.1) is 0 Å². The smallest absolute Gasteiger partial charge is 0.152 e. The highest BCUT2D eigenvalue weighted by Gasteiger charge is 2.20. The van der Waals surface area contributed by atoms with E-state index in [1.807, 2.05) is 18.5 Å². The fourth-order valence-electron chi connectivity index (χ4n) is 3.41. The average Bonchev–Trinajstić information content (AvgIpc) is 2.94. The van der Waals surface area contributed by atoms with E-state index < -0.39 is 0 Å². The molecular formula is C16H18N4. The van der Waals surface area contributed by atoms with Crippen LogP contribution in [0.1, 0.15) is 38.1 Å². The van der Waals surface area contributed by atoms with Gasteiger partial charge < -0.3 is 10.3 Å². The van der Waals surface area contributed by atoms with Crippen LogP contribution in [0.5, 0.6) is 0 Å². The van der Waals surface area contributed by atoms with E-state index in [4.69, 9.17) is 5.73 Å². The number of benzene rings is 1. The largest absolute Gasteiger partial charge is 0.382 e. The third-order valence-corrected chi connectivity index (χ3v) is 4.40. The lowest BCUT2D eigenvalue weighted by molar-refractivity contribution is 0.360. The number of aromatic nitrogens is 3. The van der Waals surface area contributed by atoms with Gasteiger partial charge in [0.05, 0.1) is 17.4 Å². The summed E-state index contributed by atoms with van der Waals surface area (Å²) in [5.41, 5.74) is 9.03.